The zero-order valence-electron chi connectivity index (χ0n) is 9.28. The first-order chi connectivity index (χ1) is 7.62. The number of esters is 1. The van der Waals surface area contributed by atoms with Gasteiger partial charge in [0.2, 0.25) is 0 Å². The third-order valence-electron chi connectivity index (χ3n) is 2.37. The molecule has 0 amide bonds. The second-order valence-corrected chi connectivity index (χ2v) is 3.84. The molecule has 0 unspecified atom stereocenters. The Balaban J connectivity index is 3.12. The van der Waals surface area contributed by atoms with E-state index in [4.69, 9.17) is 5.26 Å². The van der Waals surface area contributed by atoms with E-state index in [-0.39, 0.29) is 12.4 Å². The Morgan fingerprint density at radius 1 is 1.50 bits per heavy atom. The molecule has 0 radical (unpaired) electrons. The molecule has 1 rings (SSSR count). The lowest BCUT2D eigenvalue weighted by Crippen LogP contribution is -2.06. The van der Waals surface area contributed by atoms with E-state index < -0.39 is 0 Å². The van der Waals surface area contributed by atoms with E-state index in [0.717, 1.165) is 22.4 Å². The lowest BCUT2D eigenvalue weighted by Gasteiger charge is -2.08. The fraction of sp³-hybridized carbons (Fsp3) is 0.333. The van der Waals surface area contributed by atoms with Crippen molar-refractivity contribution in [1.82, 2.24) is 0 Å². The number of carbonyl (C=O) groups excluding carboxylic acids is 1. The van der Waals surface area contributed by atoms with Gasteiger partial charge in [0, 0.05) is 4.90 Å². The van der Waals surface area contributed by atoms with Crippen LogP contribution in [0.2, 0.25) is 0 Å². The van der Waals surface area contributed by atoms with Crippen molar-refractivity contribution in [2.24, 2.45) is 0 Å². The van der Waals surface area contributed by atoms with Crippen molar-refractivity contribution in [3.8, 4) is 6.07 Å². The number of nitrogens with zero attached hydrogens (tertiary/aromatic N) is 1. The maximum Gasteiger partial charge on any atom is 0.310 e. The summed E-state index contributed by atoms with van der Waals surface area (Å²) in [5, 5.41) is 8.97. The quantitative estimate of drug-likeness (QED) is 0.645. The molecule has 0 bridgehead atoms. The number of nitriles is 1. The van der Waals surface area contributed by atoms with Crippen molar-refractivity contribution < 1.29 is 9.53 Å². The van der Waals surface area contributed by atoms with Crippen LogP contribution in [0.25, 0.3) is 0 Å². The second kappa shape index (κ2) is 5.57. The van der Waals surface area contributed by atoms with Gasteiger partial charge < -0.3 is 4.74 Å². The van der Waals surface area contributed by atoms with Crippen LogP contribution < -0.4 is 0 Å². The molecule has 16 heavy (non-hydrogen) atoms. The molecule has 0 aromatic heterocycles. The summed E-state index contributed by atoms with van der Waals surface area (Å²) in [6, 6.07) is 5.66. The van der Waals surface area contributed by atoms with Crippen molar-refractivity contribution in [3.63, 3.8) is 0 Å². The largest absolute Gasteiger partial charge is 0.469 e. The van der Waals surface area contributed by atoms with Gasteiger partial charge in [0.15, 0.2) is 0 Å². The third-order valence-corrected chi connectivity index (χ3v) is 2.78. The summed E-state index contributed by atoms with van der Waals surface area (Å²) in [5.41, 5.74) is 2.27. The molecule has 0 aliphatic rings. The van der Waals surface area contributed by atoms with Crippen molar-refractivity contribution in [2.75, 3.05) is 7.11 Å². The predicted octanol–water partition coefficient (Wildman–Crippen LogP) is 2.12. The number of aryl methyl sites for hydroxylation is 1. The van der Waals surface area contributed by atoms with Gasteiger partial charge in [-0.25, -0.2) is 0 Å². The van der Waals surface area contributed by atoms with E-state index in [1.165, 1.54) is 7.11 Å². The molecule has 0 spiro atoms. The number of benzene rings is 1. The zero-order chi connectivity index (χ0) is 12.1. The zero-order valence-corrected chi connectivity index (χ0v) is 10.2. The molecule has 0 saturated carbocycles. The number of hydrogen-bond acceptors (Lipinski definition) is 4. The van der Waals surface area contributed by atoms with Crippen LogP contribution in [0.3, 0.4) is 0 Å². The summed E-state index contributed by atoms with van der Waals surface area (Å²) in [5.74, 6) is -0.330. The van der Waals surface area contributed by atoms with Gasteiger partial charge in [0.05, 0.1) is 25.2 Å². The first kappa shape index (κ1) is 12.6. The smallest absolute Gasteiger partial charge is 0.310 e. The summed E-state index contributed by atoms with van der Waals surface area (Å²) in [6.07, 6.45) is 0.920. The number of methoxy groups -OCH3 is 1. The Bertz CT molecular complexity index is 449. The Labute approximate surface area is 100 Å². The lowest BCUT2D eigenvalue weighted by molar-refractivity contribution is -0.139. The lowest BCUT2D eigenvalue weighted by atomic mass is 10.0. The number of ether oxygens (including phenoxy) is 1. The van der Waals surface area contributed by atoms with Gasteiger partial charge >= 0.3 is 5.97 Å². The number of thiol groups is 1. The summed E-state index contributed by atoms with van der Waals surface area (Å²) >= 11 is 4.30. The van der Waals surface area contributed by atoms with Gasteiger partial charge in [-0.2, -0.15) is 5.26 Å². The summed E-state index contributed by atoms with van der Waals surface area (Å²) in [7, 11) is 1.34. The summed E-state index contributed by atoms with van der Waals surface area (Å²) in [4.78, 5) is 11.9. The maximum atomic E-state index is 11.1. The van der Waals surface area contributed by atoms with E-state index in [2.05, 4.69) is 23.4 Å². The van der Waals surface area contributed by atoms with E-state index in [0.29, 0.717) is 5.56 Å². The van der Waals surface area contributed by atoms with Gasteiger partial charge in [0.25, 0.3) is 0 Å². The Hall–Kier alpha value is -1.47. The van der Waals surface area contributed by atoms with E-state index in [1.54, 1.807) is 6.07 Å². The molecule has 0 atom stereocenters. The molecule has 0 heterocycles. The second-order valence-electron chi connectivity index (χ2n) is 3.36. The summed E-state index contributed by atoms with van der Waals surface area (Å²) < 4.78 is 4.58. The highest BCUT2D eigenvalue weighted by molar-refractivity contribution is 7.80. The minimum atomic E-state index is -0.330. The Kier molecular flexibility index (Phi) is 4.39. The average Bonchev–Trinajstić information content (AvgIpc) is 2.30. The first-order valence-corrected chi connectivity index (χ1v) is 5.38. The molecule has 3 nitrogen and oxygen atoms in total. The van der Waals surface area contributed by atoms with Gasteiger partial charge in [-0.05, 0) is 29.7 Å². The van der Waals surface area contributed by atoms with Crippen molar-refractivity contribution >= 4 is 18.6 Å². The highest BCUT2D eigenvalue weighted by Crippen LogP contribution is 2.21. The van der Waals surface area contributed by atoms with Crippen LogP contribution in [0.5, 0.6) is 0 Å². The van der Waals surface area contributed by atoms with Gasteiger partial charge in [-0.3, -0.25) is 4.79 Å². The molecule has 0 saturated heterocycles. The van der Waals surface area contributed by atoms with E-state index >= 15 is 0 Å². The van der Waals surface area contributed by atoms with E-state index in [9.17, 15) is 4.79 Å². The molecule has 4 heteroatoms. The summed E-state index contributed by atoms with van der Waals surface area (Å²) in [6.45, 7) is 1.98. The topological polar surface area (TPSA) is 50.1 Å². The van der Waals surface area contributed by atoms with Gasteiger partial charge in [-0.15, -0.1) is 12.6 Å². The van der Waals surface area contributed by atoms with Crippen molar-refractivity contribution in [2.45, 2.75) is 24.7 Å². The first-order valence-electron chi connectivity index (χ1n) is 4.94. The minimum Gasteiger partial charge on any atom is -0.469 e. The highest BCUT2D eigenvalue weighted by atomic mass is 32.1. The van der Waals surface area contributed by atoms with E-state index in [1.807, 2.05) is 13.0 Å². The molecule has 0 fully saturated rings. The molecule has 0 aliphatic carbocycles. The standard InChI is InChI=1S/C12H13NO2S/c1-3-8-5-11(16)9(4-10(8)7-13)6-12(14)15-2/h4-5,16H,3,6H2,1-2H3. The molecule has 84 valence electrons. The normalized spacial score (nSPS) is 9.62. The number of rotatable bonds is 3. The van der Waals surface area contributed by atoms with Crippen molar-refractivity contribution in [1.29, 1.82) is 5.26 Å². The molecule has 0 aliphatic heterocycles. The fourth-order valence-electron chi connectivity index (χ4n) is 1.44. The minimum absolute atomic E-state index is 0.147. The molecular weight excluding hydrogens is 222 g/mol. The van der Waals surface area contributed by atoms with Crippen LogP contribution in [0.4, 0.5) is 0 Å². The maximum absolute atomic E-state index is 11.1. The number of carbonyl (C=O) groups is 1. The van der Waals surface area contributed by atoms with Gasteiger partial charge in [-0.1, -0.05) is 6.92 Å². The molecule has 1 aromatic rings. The average molecular weight is 235 g/mol. The Morgan fingerprint density at radius 3 is 2.69 bits per heavy atom. The van der Waals surface area contributed by atoms with Crippen LogP contribution >= 0.6 is 12.6 Å². The van der Waals surface area contributed by atoms with Gasteiger partial charge in [0.1, 0.15) is 0 Å². The molecule has 0 N–H and O–H groups in total. The van der Waals surface area contributed by atoms with Crippen LogP contribution in [0.15, 0.2) is 17.0 Å². The number of hydrogen-bond donors (Lipinski definition) is 1. The molecule has 1 aromatic carbocycles. The third kappa shape index (κ3) is 2.77. The molecular formula is C12H13NO2S. The van der Waals surface area contributed by atoms with Crippen LogP contribution in [-0.2, 0) is 22.4 Å². The Morgan fingerprint density at radius 2 is 2.19 bits per heavy atom. The van der Waals surface area contributed by atoms with Crippen LogP contribution in [0, 0.1) is 11.3 Å². The fourth-order valence-corrected chi connectivity index (χ4v) is 1.74. The monoisotopic (exact) mass is 235 g/mol. The van der Waals surface area contributed by atoms with Crippen LogP contribution in [-0.4, -0.2) is 13.1 Å². The predicted molar refractivity (Wildman–Crippen MR) is 63.5 cm³/mol. The van der Waals surface area contributed by atoms with Crippen molar-refractivity contribution in [3.05, 3.63) is 28.8 Å². The SMILES string of the molecule is CCc1cc(S)c(CC(=O)OC)cc1C#N. The van der Waals surface area contributed by atoms with Crippen LogP contribution in [0.1, 0.15) is 23.6 Å². The highest BCUT2D eigenvalue weighted by Gasteiger charge is 2.10.